The van der Waals surface area contributed by atoms with Gasteiger partial charge in [-0.3, -0.25) is 24.0 Å². The van der Waals surface area contributed by atoms with Crippen molar-refractivity contribution in [1.29, 1.82) is 0 Å². The molecule has 0 aliphatic carbocycles. The van der Waals surface area contributed by atoms with Gasteiger partial charge in [-0.25, -0.2) is 4.79 Å². The lowest BCUT2D eigenvalue weighted by atomic mass is 10.0. The van der Waals surface area contributed by atoms with E-state index in [1.807, 2.05) is 6.26 Å². The lowest BCUT2D eigenvalue weighted by Crippen LogP contribution is -2.58. The summed E-state index contributed by atoms with van der Waals surface area (Å²) in [6, 6.07) is -4.87. The fourth-order valence-corrected chi connectivity index (χ4v) is 3.35. The molecule has 0 aromatic heterocycles. The van der Waals surface area contributed by atoms with Crippen molar-refractivity contribution in [2.45, 2.75) is 70.1 Å². The summed E-state index contributed by atoms with van der Waals surface area (Å²) in [6.07, 6.45) is 1.30. The fraction of sp³-hybridized carbons (Fsp3) is 0.700. The molecule has 0 saturated heterocycles. The van der Waals surface area contributed by atoms with Crippen LogP contribution in [-0.4, -0.2) is 76.8 Å². The van der Waals surface area contributed by atoms with Gasteiger partial charge in [0.2, 0.25) is 29.5 Å². The van der Waals surface area contributed by atoms with E-state index in [1.54, 1.807) is 13.8 Å². The predicted molar refractivity (Wildman–Crippen MR) is 126 cm³/mol. The first-order chi connectivity index (χ1) is 15.8. The number of nitrogens with one attached hydrogen (secondary N) is 3. The van der Waals surface area contributed by atoms with Crippen LogP contribution >= 0.6 is 11.8 Å². The molecule has 0 bridgehead atoms. The van der Waals surface area contributed by atoms with Gasteiger partial charge < -0.3 is 38.3 Å². The van der Waals surface area contributed by atoms with Crippen LogP contribution in [0.2, 0.25) is 0 Å². The van der Waals surface area contributed by atoms with Crippen LogP contribution in [0.1, 0.15) is 46.0 Å². The zero-order valence-corrected chi connectivity index (χ0v) is 20.5. The van der Waals surface area contributed by atoms with Crippen LogP contribution in [0.25, 0.3) is 0 Å². The van der Waals surface area contributed by atoms with Crippen LogP contribution in [0, 0.1) is 5.92 Å². The second-order valence-electron chi connectivity index (χ2n) is 8.21. The molecule has 4 unspecified atom stereocenters. The molecule has 0 saturated carbocycles. The SMILES string of the molecule is CSCCC(N)C(=O)NC(CC(N)=O)C(=O)NC(CC(C)C)C(=O)NC(CCC(N)=O)C(=O)O. The van der Waals surface area contributed by atoms with E-state index in [4.69, 9.17) is 17.2 Å². The third-order valence-corrected chi connectivity index (χ3v) is 5.29. The van der Waals surface area contributed by atoms with E-state index in [9.17, 15) is 33.9 Å². The summed E-state index contributed by atoms with van der Waals surface area (Å²) in [5.74, 6) is -4.75. The molecule has 10 N–H and O–H groups in total. The number of rotatable bonds is 17. The highest BCUT2D eigenvalue weighted by molar-refractivity contribution is 7.98. The molecule has 5 amide bonds. The van der Waals surface area contributed by atoms with Crippen LogP contribution in [0.4, 0.5) is 0 Å². The predicted octanol–water partition coefficient (Wildman–Crippen LogP) is -2.21. The number of hydrogen-bond donors (Lipinski definition) is 7. The Morgan fingerprint density at radius 3 is 1.82 bits per heavy atom. The minimum Gasteiger partial charge on any atom is -0.480 e. The first-order valence-electron chi connectivity index (χ1n) is 10.7. The zero-order chi connectivity index (χ0) is 26.4. The zero-order valence-electron chi connectivity index (χ0n) is 19.7. The molecule has 0 radical (unpaired) electrons. The number of primary amides is 2. The highest BCUT2D eigenvalue weighted by Crippen LogP contribution is 2.08. The van der Waals surface area contributed by atoms with E-state index in [-0.39, 0.29) is 25.2 Å². The maximum atomic E-state index is 12.8. The largest absolute Gasteiger partial charge is 0.480 e. The lowest BCUT2D eigenvalue weighted by molar-refractivity contribution is -0.143. The van der Waals surface area contributed by atoms with Gasteiger partial charge in [0.25, 0.3) is 0 Å². The van der Waals surface area contributed by atoms with Crippen molar-refractivity contribution in [3.63, 3.8) is 0 Å². The molecule has 0 aromatic rings. The molecular formula is C20H36N6O7S. The Bertz CT molecular complexity index is 749. The third-order valence-electron chi connectivity index (χ3n) is 4.64. The normalized spacial score (nSPS) is 14.4. The van der Waals surface area contributed by atoms with Gasteiger partial charge in [0.1, 0.15) is 18.1 Å². The maximum absolute atomic E-state index is 12.8. The number of carboxylic acids is 1. The Morgan fingerprint density at radius 2 is 1.35 bits per heavy atom. The molecule has 0 rings (SSSR count). The van der Waals surface area contributed by atoms with Crippen molar-refractivity contribution in [2.24, 2.45) is 23.1 Å². The first-order valence-corrected chi connectivity index (χ1v) is 12.1. The summed E-state index contributed by atoms with van der Waals surface area (Å²) in [7, 11) is 0. The van der Waals surface area contributed by atoms with Gasteiger partial charge in [0.15, 0.2) is 0 Å². The molecule has 4 atom stereocenters. The number of carboxylic acid groups (broad SMARTS) is 1. The lowest BCUT2D eigenvalue weighted by Gasteiger charge is -2.25. The van der Waals surface area contributed by atoms with Gasteiger partial charge in [-0.2, -0.15) is 11.8 Å². The van der Waals surface area contributed by atoms with Crippen LogP contribution in [0.5, 0.6) is 0 Å². The van der Waals surface area contributed by atoms with Gasteiger partial charge in [-0.15, -0.1) is 0 Å². The summed E-state index contributed by atoms with van der Waals surface area (Å²) in [5.41, 5.74) is 16.0. The van der Waals surface area contributed by atoms with Crippen LogP contribution in [-0.2, 0) is 28.8 Å². The monoisotopic (exact) mass is 504 g/mol. The second kappa shape index (κ2) is 15.9. The van der Waals surface area contributed by atoms with Crippen molar-refractivity contribution in [1.82, 2.24) is 16.0 Å². The Labute approximate surface area is 202 Å². The molecule has 0 aliphatic rings. The summed E-state index contributed by atoms with van der Waals surface area (Å²) < 4.78 is 0. The van der Waals surface area contributed by atoms with Crippen molar-refractivity contribution in [3.05, 3.63) is 0 Å². The summed E-state index contributed by atoms with van der Waals surface area (Å²) in [6.45, 7) is 3.56. The van der Waals surface area contributed by atoms with Gasteiger partial charge in [-0.05, 0) is 37.2 Å². The van der Waals surface area contributed by atoms with Crippen LogP contribution in [0.15, 0.2) is 0 Å². The van der Waals surface area contributed by atoms with Crippen molar-refractivity contribution in [2.75, 3.05) is 12.0 Å². The van der Waals surface area contributed by atoms with Crippen molar-refractivity contribution in [3.8, 4) is 0 Å². The van der Waals surface area contributed by atoms with E-state index in [2.05, 4.69) is 16.0 Å². The molecule has 0 heterocycles. The Balaban J connectivity index is 5.48. The first kappa shape index (κ1) is 31.1. The van der Waals surface area contributed by atoms with E-state index in [1.165, 1.54) is 11.8 Å². The standard InChI is InChI=1S/C20H36N6O7S/c1-10(2)8-13(18(30)24-12(20(32)33)4-5-15(22)27)26-19(31)14(9-16(23)28)25-17(29)11(21)6-7-34-3/h10-14H,4-9,21H2,1-3H3,(H2,22,27)(H2,23,28)(H,24,30)(H,25,29)(H,26,31)(H,32,33). The number of thioether (sulfide) groups is 1. The van der Waals surface area contributed by atoms with E-state index in [0.29, 0.717) is 12.2 Å². The fourth-order valence-electron chi connectivity index (χ4n) is 2.86. The molecule has 0 aromatic carbocycles. The minimum absolute atomic E-state index is 0.0888. The minimum atomic E-state index is -1.40. The maximum Gasteiger partial charge on any atom is 0.326 e. The van der Waals surface area contributed by atoms with E-state index < -0.39 is 66.1 Å². The van der Waals surface area contributed by atoms with E-state index in [0.717, 1.165) is 0 Å². The Kier molecular flexibility index (Phi) is 14.5. The average Bonchev–Trinajstić information content (AvgIpc) is 2.72. The molecular weight excluding hydrogens is 468 g/mol. The highest BCUT2D eigenvalue weighted by atomic mass is 32.2. The number of amides is 5. The average molecular weight is 505 g/mol. The molecule has 13 nitrogen and oxygen atoms in total. The van der Waals surface area contributed by atoms with E-state index >= 15 is 0 Å². The molecule has 194 valence electrons. The molecule has 34 heavy (non-hydrogen) atoms. The third kappa shape index (κ3) is 13.0. The number of nitrogens with two attached hydrogens (primary N) is 3. The summed E-state index contributed by atoms with van der Waals surface area (Å²) in [4.78, 5) is 71.8. The van der Waals surface area contributed by atoms with Crippen molar-refractivity contribution < 1.29 is 33.9 Å². The number of aliphatic carboxylic acids is 1. The quantitative estimate of drug-likeness (QED) is 0.113. The summed E-state index contributed by atoms with van der Waals surface area (Å²) >= 11 is 1.49. The van der Waals surface area contributed by atoms with Gasteiger partial charge in [-0.1, -0.05) is 13.8 Å². The number of hydrogen-bond acceptors (Lipinski definition) is 8. The van der Waals surface area contributed by atoms with Gasteiger partial charge in [0, 0.05) is 6.42 Å². The molecule has 0 fully saturated rings. The Morgan fingerprint density at radius 1 is 0.824 bits per heavy atom. The van der Waals surface area contributed by atoms with Crippen molar-refractivity contribution >= 4 is 47.3 Å². The van der Waals surface area contributed by atoms with Gasteiger partial charge in [0.05, 0.1) is 12.5 Å². The number of carbonyl (C=O) groups excluding carboxylic acids is 5. The number of carbonyl (C=O) groups is 6. The van der Waals surface area contributed by atoms with Gasteiger partial charge >= 0.3 is 5.97 Å². The smallest absolute Gasteiger partial charge is 0.326 e. The Hall–Kier alpha value is -2.87. The second-order valence-corrected chi connectivity index (χ2v) is 9.20. The molecule has 14 heteroatoms. The molecule has 0 spiro atoms. The molecule has 0 aliphatic heterocycles. The van der Waals surface area contributed by atoms with Crippen LogP contribution < -0.4 is 33.2 Å². The topological polar surface area (TPSA) is 237 Å². The highest BCUT2D eigenvalue weighted by Gasteiger charge is 2.31. The summed E-state index contributed by atoms with van der Waals surface area (Å²) in [5, 5.41) is 16.4. The van der Waals surface area contributed by atoms with Crippen LogP contribution in [0.3, 0.4) is 0 Å².